The van der Waals surface area contributed by atoms with Gasteiger partial charge in [0.25, 0.3) is 0 Å². The summed E-state index contributed by atoms with van der Waals surface area (Å²) in [7, 11) is -0.342. The van der Waals surface area contributed by atoms with Crippen LogP contribution in [0.2, 0.25) is 0 Å². The highest BCUT2D eigenvalue weighted by Crippen LogP contribution is 2.36. The van der Waals surface area contributed by atoms with Gasteiger partial charge in [-0.05, 0) is 44.6 Å². The predicted octanol–water partition coefficient (Wildman–Crippen LogP) is 2.68. The van der Waals surface area contributed by atoms with E-state index in [2.05, 4.69) is 0 Å². The zero-order chi connectivity index (χ0) is 15.1. The van der Waals surface area contributed by atoms with Crippen LogP contribution in [0.25, 0.3) is 0 Å². The fourth-order valence-corrected chi connectivity index (χ4v) is 2.21. The molecule has 110 valence electrons. The van der Waals surface area contributed by atoms with Crippen molar-refractivity contribution >= 4 is 12.6 Å². The molecule has 0 aliphatic carbocycles. The minimum Gasteiger partial charge on any atom is -0.399 e. The first-order chi connectivity index (χ1) is 9.14. The fraction of sp³-hybridized carbons (Fsp3) is 0.625. The molecule has 1 saturated heterocycles. The standard InChI is InChI=1S/C16H25BO3/c1-11(2)14(18)12-7-9-13(10-8-12)17-19-15(3,4)16(5,6)20-17/h7-11,14,18H,1-6H3/t14-/m0/s1. The topological polar surface area (TPSA) is 38.7 Å². The van der Waals surface area contributed by atoms with Crippen LogP contribution in [0.5, 0.6) is 0 Å². The molecule has 1 fully saturated rings. The summed E-state index contributed by atoms with van der Waals surface area (Å²) in [6.07, 6.45) is -0.428. The molecule has 0 aromatic heterocycles. The molecule has 4 heteroatoms. The van der Waals surface area contributed by atoms with Crippen molar-refractivity contribution in [1.82, 2.24) is 0 Å². The van der Waals surface area contributed by atoms with E-state index in [9.17, 15) is 5.11 Å². The van der Waals surface area contributed by atoms with Crippen LogP contribution in [-0.2, 0) is 9.31 Å². The van der Waals surface area contributed by atoms with Gasteiger partial charge in [0.15, 0.2) is 0 Å². The summed E-state index contributed by atoms with van der Waals surface area (Å²) >= 11 is 0. The van der Waals surface area contributed by atoms with Crippen molar-refractivity contribution in [2.24, 2.45) is 5.92 Å². The van der Waals surface area contributed by atoms with Gasteiger partial charge < -0.3 is 14.4 Å². The quantitative estimate of drug-likeness (QED) is 0.863. The zero-order valence-corrected chi connectivity index (χ0v) is 13.3. The maximum absolute atomic E-state index is 10.1. The Labute approximate surface area is 122 Å². The third kappa shape index (κ3) is 2.78. The van der Waals surface area contributed by atoms with E-state index in [1.165, 1.54) is 0 Å². The number of aliphatic hydroxyl groups is 1. The Morgan fingerprint density at radius 1 is 0.950 bits per heavy atom. The molecule has 0 amide bonds. The average molecular weight is 276 g/mol. The van der Waals surface area contributed by atoms with Gasteiger partial charge in [-0.1, -0.05) is 38.1 Å². The number of rotatable bonds is 3. The van der Waals surface area contributed by atoms with Crippen LogP contribution in [0.15, 0.2) is 24.3 Å². The van der Waals surface area contributed by atoms with Gasteiger partial charge >= 0.3 is 7.12 Å². The molecule has 0 radical (unpaired) electrons. The first-order valence-electron chi connectivity index (χ1n) is 7.27. The van der Waals surface area contributed by atoms with Gasteiger partial charge in [-0.15, -0.1) is 0 Å². The average Bonchev–Trinajstić information content (AvgIpc) is 2.57. The smallest absolute Gasteiger partial charge is 0.399 e. The molecule has 0 bridgehead atoms. The summed E-state index contributed by atoms with van der Waals surface area (Å²) in [5.74, 6) is 0.206. The Bertz CT molecular complexity index is 449. The first-order valence-corrected chi connectivity index (χ1v) is 7.27. The second-order valence-electron chi connectivity index (χ2n) is 6.94. The van der Waals surface area contributed by atoms with E-state index < -0.39 is 6.10 Å². The molecular formula is C16H25BO3. The third-order valence-corrected chi connectivity index (χ3v) is 4.43. The molecule has 1 N–H and O–H groups in total. The SMILES string of the molecule is CC(C)[C@H](O)c1ccc(B2OC(C)(C)C(C)(C)O2)cc1. The first kappa shape index (κ1) is 15.6. The van der Waals surface area contributed by atoms with Crippen LogP contribution < -0.4 is 5.46 Å². The summed E-state index contributed by atoms with van der Waals surface area (Å²) in [4.78, 5) is 0. The molecule has 1 aliphatic heterocycles. The van der Waals surface area contributed by atoms with Crippen molar-refractivity contribution in [2.75, 3.05) is 0 Å². The Morgan fingerprint density at radius 2 is 1.40 bits per heavy atom. The van der Waals surface area contributed by atoms with Crippen LogP contribution in [0.4, 0.5) is 0 Å². The van der Waals surface area contributed by atoms with Crippen LogP contribution in [0.1, 0.15) is 53.2 Å². The Balaban J connectivity index is 2.16. The summed E-state index contributed by atoms with van der Waals surface area (Å²) in [5.41, 5.74) is 1.27. The summed E-state index contributed by atoms with van der Waals surface area (Å²) in [6.45, 7) is 12.2. The largest absolute Gasteiger partial charge is 0.494 e. The molecule has 2 rings (SSSR count). The normalized spacial score (nSPS) is 22.3. The summed E-state index contributed by atoms with van der Waals surface area (Å²) < 4.78 is 12.0. The van der Waals surface area contributed by atoms with E-state index in [1.54, 1.807) is 0 Å². The van der Waals surface area contributed by atoms with E-state index in [1.807, 2.05) is 65.8 Å². The maximum atomic E-state index is 10.1. The van der Waals surface area contributed by atoms with Crippen molar-refractivity contribution in [1.29, 1.82) is 0 Å². The molecule has 1 atom stereocenters. The van der Waals surface area contributed by atoms with E-state index in [-0.39, 0.29) is 24.2 Å². The Hall–Kier alpha value is -0.835. The lowest BCUT2D eigenvalue weighted by Gasteiger charge is -2.32. The molecule has 1 aromatic rings. The van der Waals surface area contributed by atoms with Crippen molar-refractivity contribution in [2.45, 2.75) is 58.8 Å². The second kappa shape index (κ2) is 5.17. The van der Waals surface area contributed by atoms with E-state index in [0.717, 1.165) is 11.0 Å². The number of benzene rings is 1. The van der Waals surface area contributed by atoms with Crippen LogP contribution >= 0.6 is 0 Å². The molecular weight excluding hydrogens is 251 g/mol. The fourth-order valence-electron chi connectivity index (χ4n) is 2.21. The molecule has 0 saturated carbocycles. The number of hydrogen-bond donors (Lipinski definition) is 1. The van der Waals surface area contributed by atoms with E-state index >= 15 is 0 Å². The number of aliphatic hydroxyl groups excluding tert-OH is 1. The predicted molar refractivity (Wildman–Crippen MR) is 82.0 cm³/mol. The van der Waals surface area contributed by atoms with Crippen molar-refractivity contribution in [3.63, 3.8) is 0 Å². The van der Waals surface area contributed by atoms with Gasteiger partial charge in [0.05, 0.1) is 17.3 Å². The van der Waals surface area contributed by atoms with Crippen molar-refractivity contribution in [3.05, 3.63) is 29.8 Å². The molecule has 1 aromatic carbocycles. The molecule has 0 unspecified atom stereocenters. The zero-order valence-electron chi connectivity index (χ0n) is 13.3. The lowest BCUT2D eigenvalue weighted by molar-refractivity contribution is 0.00578. The Kier molecular flexibility index (Phi) is 4.02. The second-order valence-corrected chi connectivity index (χ2v) is 6.94. The Morgan fingerprint density at radius 3 is 1.80 bits per heavy atom. The van der Waals surface area contributed by atoms with Gasteiger partial charge in [0.1, 0.15) is 0 Å². The van der Waals surface area contributed by atoms with Gasteiger partial charge in [0, 0.05) is 0 Å². The molecule has 1 heterocycles. The number of hydrogen-bond acceptors (Lipinski definition) is 3. The van der Waals surface area contributed by atoms with E-state index in [0.29, 0.717) is 0 Å². The van der Waals surface area contributed by atoms with Crippen LogP contribution in [-0.4, -0.2) is 23.4 Å². The highest BCUT2D eigenvalue weighted by atomic mass is 16.7. The lowest BCUT2D eigenvalue weighted by atomic mass is 9.78. The minimum absolute atomic E-state index is 0.206. The van der Waals surface area contributed by atoms with Gasteiger partial charge in [0.2, 0.25) is 0 Å². The van der Waals surface area contributed by atoms with Crippen molar-refractivity contribution in [3.8, 4) is 0 Å². The molecule has 20 heavy (non-hydrogen) atoms. The van der Waals surface area contributed by atoms with Gasteiger partial charge in [-0.3, -0.25) is 0 Å². The minimum atomic E-state index is -0.428. The third-order valence-electron chi connectivity index (χ3n) is 4.43. The molecule has 0 spiro atoms. The van der Waals surface area contributed by atoms with Gasteiger partial charge in [-0.2, -0.15) is 0 Å². The van der Waals surface area contributed by atoms with Crippen LogP contribution in [0, 0.1) is 5.92 Å². The molecule has 3 nitrogen and oxygen atoms in total. The maximum Gasteiger partial charge on any atom is 0.494 e. The van der Waals surface area contributed by atoms with Crippen molar-refractivity contribution < 1.29 is 14.4 Å². The summed E-state index contributed by atoms with van der Waals surface area (Å²) in [5, 5.41) is 10.1. The summed E-state index contributed by atoms with van der Waals surface area (Å²) in [6, 6.07) is 7.85. The monoisotopic (exact) mass is 276 g/mol. The van der Waals surface area contributed by atoms with Gasteiger partial charge in [-0.25, -0.2) is 0 Å². The highest BCUT2D eigenvalue weighted by Gasteiger charge is 2.51. The lowest BCUT2D eigenvalue weighted by Crippen LogP contribution is -2.41. The highest BCUT2D eigenvalue weighted by molar-refractivity contribution is 6.62. The van der Waals surface area contributed by atoms with Crippen LogP contribution in [0.3, 0.4) is 0 Å². The van der Waals surface area contributed by atoms with E-state index in [4.69, 9.17) is 9.31 Å². The molecule has 1 aliphatic rings.